The number of hydrogen-bond donors (Lipinski definition) is 1. The lowest BCUT2D eigenvalue weighted by Gasteiger charge is -2.26. The Morgan fingerprint density at radius 2 is 2.14 bits per heavy atom. The van der Waals surface area contributed by atoms with Gasteiger partial charge in [-0.3, -0.25) is 4.79 Å². The van der Waals surface area contributed by atoms with Gasteiger partial charge in [-0.2, -0.15) is 9.57 Å². The summed E-state index contributed by atoms with van der Waals surface area (Å²) >= 11 is 5.90. The van der Waals surface area contributed by atoms with E-state index in [-0.39, 0.29) is 15.5 Å². The summed E-state index contributed by atoms with van der Waals surface area (Å²) in [5, 5.41) is 17.7. The SMILES string of the molecule is CCC(C)N(CC(=O)O)S(=O)(=O)c1cc(C#N)ccc1Cl. The van der Waals surface area contributed by atoms with Crippen molar-refractivity contribution in [3.63, 3.8) is 0 Å². The summed E-state index contributed by atoms with van der Waals surface area (Å²) in [6.45, 7) is 2.70. The Labute approximate surface area is 128 Å². The average Bonchev–Trinajstić information content (AvgIpc) is 2.44. The molecule has 1 aromatic carbocycles. The molecule has 0 amide bonds. The van der Waals surface area contributed by atoms with Gasteiger partial charge >= 0.3 is 5.97 Å². The second-order valence-corrected chi connectivity index (χ2v) is 6.72. The van der Waals surface area contributed by atoms with E-state index in [1.807, 2.05) is 6.07 Å². The molecule has 114 valence electrons. The van der Waals surface area contributed by atoms with Crippen LogP contribution in [0.2, 0.25) is 5.02 Å². The molecular formula is C13H15ClN2O4S. The van der Waals surface area contributed by atoms with Crippen LogP contribution in [0.25, 0.3) is 0 Å². The molecule has 0 aliphatic rings. The first kappa shape index (κ1) is 17.4. The lowest BCUT2D eigenvalue weighted by atomic mass is 10.2. The van der Waals surface area contributed by atoms with Crippen molar-refractivity contribution in [3.8, 4) is 6.07 Å². The van der Waals surface area contributed by atoms with Crippen LogP contribution in [0.5, 0.6) is 0 Å². The largest absolute Gasteiger partial charge is 0.480 e. The number of hydrogen-bond acceptors (Lipinski definition) is 4. The Bertz CT molecular complexity index is 682. The van der Waals surface area contributed by atoms with Crippen molar-refractivity contribution in [2.75, 3.05) is 6.54 Å². The monoisotopic (exact) mass is 330 g/mol. The van der Waals surface area contributed by atoms with E-state index in [2.05, 4.69) is 0 Å². The molecule has 0 aliphatic carbocycles. The smallest absolute Gasteiger partial charge is 0.318 e. The highest BCUT2D eigenvalue weighted by Crippen LogP contribution is 2.27. The van der Waals surface area contributed by atoms with Crippen molar-refractivity contribution in [1.82, 2.24) is 4.31 Å². The van der Waals surface area contributed by atoms with Gasteiger partial charge in [0, 0.05) is 6.04 Å². The number of sulfonamides is 1. The molecule has 1 rings (SSSR count). The van der Waals surface area contributed by atoms with E-state index in [0.29, 0.717) is 6.42 Å². The van der Waals surface area contributed by atoms with Gasteiger partial charge in [-0.15, -0.1) is 0 Å². The minimum Gasteiger partial charge on any atom is -0.480 e. The number of carbonyl (C=O) groups is 1. The molecule has 0 saturated heterocycles. The van der Waals surface area contributed by atoms with E-state index in [0.717, 1.165) is 10.4 Å². The standard InChI is InChI=1S/C13H15ClN2O4S/c1-3-9(2)16(8-13(17)18)21(19,20)12-6-10(7-15)4-5-11(12)14/h4-6,9H,3,8H2,1-2H3,(H,17,18). The number of nitriles is 1. The quantitative estimate of drug-likeness (QED) is 0.861. The Morgan fingerprint density at radius 3 is 2.62 bits per heavy atom. The number of carboxylic acids is 1. The highest BCUT2D eigenvalue weighted by atomic mass is 35.5. The molecule has 0 fully saturated rings. The molecule has 1 aromatic rings. The van der Waals surface area contributed by atoms with Crippen molar-refractivity contribution in [2.24, 2.45) is 0 Å². The first-order chi connectivity index (χ1) is 9.73. The molecule has 1 unspecified atom stereocenters. The van der Waals surface area contributed by atoms with Crippen LogP contribution in [-0.4, -0.2) is 36.4 Å². The van der Waals surface area contributed by atoms with Crippen LogP contribution in [0.1, 0.15) is 25.8 Å². The summed E-state index contributed by atoms with van der Waals surface area (Å²) in [5.74, 6) is -1.26. The van der Waals surface area contributed by atoms with Crippen LogP contribution in [0.3, 0.4) is 0 Å². The minimum absolute atomic E-state index is 0.0484. The molecule has 21 heavy (non-hydrogen) atoms. The molecule has 0 bridgehead atoms. The molecule has 1 N–H and O–H groups in total. The summed E-state index contributed by atoms with van der Waals surface area (Å²) in [7, 11) is -4.10. The van der Waals surface area contributed by atoms with Crippen molar-refractivity contribution < 1.29 is 18.3 Å². The summed E-state index contributed by atoms with van der Waals surface area (Å²) in [6, 6.07) is 5.18. The lowest BCUT2D eigenvalue weighted by molar-refractivity contribution is -0.137. The van der Waals surface area contributed by atoms with Gasteiger partial charge in [-0.1, -0.05) is 18.5 Å². The molecule has 8 heteroatoms. The van der Waals surface area contributed by atoms with Gasteiger partial charge in [0.15, 0.2) is 0 Å². The van der Waals surface area contributed by atoms with Gasteiger partial charge in [0.05, 0.1) is 16.7 Å². The number of carboxylic acid groups (broad SMARTS) is 1. The number of rotatable bonds is 6. The lowest BCUT2D eigenvalue weighted by Crippen LogP contribution is -2.41. The topological polar surface area (TPSA) is 98.5 Å². The van der Waals surface area contributed by atoms with Crippen molar-refractivity contribution >= 4 is 27.6 Å². The predicted octanol–water partition coefficient (Wildman–Crippen LogP) is 2.09. The summed E-state index contributed by atoms with van der Waals surface area (Å²) in [6.07, 6.45) is 0.446. The normalized spacial score (nSPS) is 12.9. The number of aliphatic carboxylic acids is 1. The molecule has 0 aliphatic heterocycles. The zero-order valence-electron chi connectivity index (χ0n) is 11.6. The predicted molar refractivity (Wildman–Crippen MR) is 77.4 cm³/mol. The Kier molecular flexibility index (Phi) is 5.72. The summed E-state index contributed by atoms with van der Waals surface area (Å²) in [5.41, 5.74) is 0.136. The van der Waals surface area contributed by atoms with Gasteiger partial charge in [-0.25, -0.2) is 8.42 Å². The first-order valence-corrected chi connectivity index (χ1v) is 7.99. The van der Waals surface area contributed by atoms with E-state index in [4.69, 9.17) is 22.0 Å². The highest BCUT2D eigenvalue weighted by Gasteiger charge is 2.32. The molecule has 0 radical (unpaired) electrons. The second kappa shape index (κ2) is 6.89. The zero-order chi connectivity index (χ0) is 16.2. The maximum atomic E-state index is 12.6. The Hall–Kier alpha value is -1.62. The molecule has 0 saturated carbocycles. The third-order valence-corrected chi connectivity index (χ3v) is 5.46. The van der Waals surface area contributed by atoms with Gasteiger partial charge in [0.2, 0.25) is 10.0 Å². The van der Waals surface area contributed by atoms with E-state index in [1.165, 1.54) is 12.1 Å². The molecule has 6 nitrogen and oxygen atoms in total. The maximum absolute atomic E-state index is 12.6. The fraction of sp³-hybridized carbons (Fsp3) is 0.385. The Morgan fingerprint density at radius 1 is 1.52 bits per heavy atom. The van der Waals surface area contributed by atoms with E-state index < -0.39 is 28.6 Å². The third-order valence-electron chi connectivity index (χ3n) is 3.02. The molecule has 0 spiro atoms. The molecule has 0 heterocycles. The maximum Gasteiger partial charge on any atom is 0.318 e. The van der Waals surface area contributed by atoms with Crippen LogP contribution >= 0.6 is 11.6 Å². The van der Waals surface area contributed by atoms with E-state index >= 15 is 0 Å². The van der Waals surface area contributed by atoms with Crippen molar-refractivity contribution in [1.29, 1.82) is 5.26 Å². The van der Waals surface area contributed by atoms with Gasteiger partial charge in [-0.05, 0) is 31.5 Å². The van der Waals surface area contributed by atoms with Crippen LogP contribution in [0.15, 0.2) is 23.1 Å². The molecule has 0 aromatic heterocycles. The average molecular weight is 331 g/mol. The van der Waals surface area contributed by atoms with Gasteiger partial charge in [0.1, 0.15) is 11.4 Å². The van der Waals surface area contributed by atoms with E-state index in [1.54, 1.807) is 13.8 Å². The van der Waals surface area contributed by atoms with Gasteiger partial charge < -0.3 is 5.11 Å². The van der Waals surface area contributed by atoms with Crippen LogP contribution in [-0.2, 0) is 14.8 Å². The first-order valence-electron chi connectivity index (χ1n) is 6.17. The summed E-state index contributed by atoms with van der Waals surface area (Å²) in [4.78, 5) is 10.7. The van der Waals surface area contributed by atoms with Crippen LogP contribution in [0.4, 0.5) is 0 Å². The number of nitrogens with zero attached hydrogens (tertiary/aromatic N) is 2. The number of halogens is 1. The van der Waals surface area contributed by atoms with Crippen molar-refractivity contribution in [2.45, 2.75) is 31.2 Å². The van der Waals surface area contributed by atoms with Crippen molar-refractivity contribution in [3.05, 3.63) is 28.8 Å². The molecular weight excluding hydrogens is 316 g/mol. The highest BCUT2D eigenvalue weighted by molar-refractivity contribution is 7.89. The third kappa shape index (κ3) is 3.94. The van der Waals surface area contributed by atoms with E-state index in [9.17, 15) is 13.2 Å². The fourth-order valence-electron chi connectivity index (χ4n) is 1.71. The minimum atomic E-state index is -4.10. The fourth-order valence-corrected chi connectivity index (χ4v) is 3.87. The Balaban J connectivity index is 3.42. The zero-order valence-corrected chi connectivity index (χ0v) is 13.1. The second-order valence-electron chi connectivity index (χ2n) is 4.46. The van der Waals surface area contributed by atoms with Crippen LogP contribution < -0.4 is 0 Å². The van der Waals surface area contributed by atoms with Crippen LogP contribution in [0, 0.1) is 11.3 Å². The number of benzene rings is 1. The molecule has 1 atom stereocenters. The summed E-state index contributed by atoms with van der Waals surface area (Å²) < 4.78 is 26.1. The van der Waals surface area contributed by atoms with Gasteiger partial charge in [0.25, 0.3) is 0 Å².